The Morgan fingerprint density at radius 3 is 2.57 bits per heavy atom. The van der Waals surface area contributed by atoms with E-state index >= 15 is 0 Å². The standard InChI is InChI=1S/C10H13NO3/c1-8(13)11-7-14-10-4-2-9(6-12)3-5-10/h2-5,12H,6-7H2,1H3,(H,11,13). The van der Waals surface area contributed by atoms with Crippen LogP contribution in [-0.2, 0) is 11.4 Å². The minimum absolute atomic E-state index is 0.0198. The average molecular weight is 195 g/mol. The van der Waals surface area contributed by atoms with E-state index in [4.69, 9.17) is 9.84 Å². The first kappa shape index (κ1) is 10.5. The molecule has 0 atom stereocenters. The molecule has 0 saturated carbocycles. The van der Waals surface area contributed by atoms with Gasteiger partial charge in [0.25, 0.3) is 0 Å². The summed E-state index contributed by atoms with van der Waals surface area (Å²) in [6.45, 7) is 1.61. The highest BCUT2D eigenvalue weighted by Gasteiger charge is 1.94. The third-order valence-electron chi connectivity index (χ3n) is 1.67. The van der Waals surface area contributed by atoms with Gasteiger partial charge in [0, 0.05) is 6.92 Å². The molecule has 0 radical (unpaired) electrons. The minimum Gasteiger partial charge on any atom is -0.473 e. The summed E-state index contributed by atoms with van der Waals surface area (Å²) < 4.78 is 5.20. The Bertz CT molecular complexity index is 295. The first-order valence-electron chi connectivity index (χ1n) is 4.29. The number of aliphatic hydroxyl groups is 1. The van der Waals surface area contributed by atoms with Crippen LogP contribution in [-0.4, -0.2) is 17.7 Å². The van der Waals surface area contributed by atoms with E-state index < -0.39 is 0 Å². The van der Waals surface area contributed by atoms with E-state index in [0.29, 0.717) is 5.75 Å². The highest BCUT2D eigenvalue weighted by molar-refractivity contribution is 5.72. The van der Waals surface area contributed by atoms with Gasteiger partial charge in [-0.3, -0.25) is 4.79 Å². The zero-order valence-electron chi connectivity index (χ0n) is 7.99. The molecule has 1 amide bonds. The van der Waals surface area contributed by atoms with E-state index in [0.717, 1.165) is 5.56 Å². The second kappa shape index (κ2) is 5.24. The van der Waals surface area contributed by atoms with Crippen LogP contribution in [0.3, 0.4) is 0 Å². The second-order valence-electron chi connectivity index (χ2n) is 2.82. The number of carbonyl (C=O) groups excluding carboxylic acids is 1. The van der Waals surface area contributed by atoms with Crippen molar-refractivity contribution in [3.8, 4) is 5.75 Å². The van der Waals surface area contributed by atoms with Gasteiger partial charge in [0.1, 0.15) is 5.75 Å². The van der Waals surface area contributed by atoms with Crippen LogP contribution in [0.5, 0.6) is 5.75 Å². The molecule has 76 valence electrons. The maximum atomic E-state index is 10.5. The molecule has 4 heteroatoms. The molecule has 0 aliphatic carbocycles. The first-order valence-corrected chi connectivity index (χ1v) is 4.29. The number of amides is 1. The van der Waals surface area contributed by atoms with Crippen LogP contribution in [0.1, 0.15) is 12.5 Å². The van der Waals surface area contributed by atoms with Crippen molar-refractivity contribution in [3.05, 3.63) is 29.8 Å². The maximum Gasteiger partial charge on any atom is 0.219 e. The molecule has 0 heterocycles. The maximum absolute atomic E-state index is 10.5. The average Bonchev–Trinajstić information content (AvgIpc) is 2.18. The van der Waals surface area contributed by atoms with Gasteiger partial charge in [-0.2, -0.15) is 0 Å². The summed E-state index contributed by atoms with van der Waals surface area (Å²) in [5, 5.41) is 11.3. The normalized spacial score (nSPS) is 9.57. The van der Waals surface area contributed by atoms with E-state index in [2.05, 4.69) is 5.32 Å². The molecule has 0 aliphatic heterocycles. The summed E-state index contributed by atoms with van der Waals surface area (Å²) in [4.78, 5) is 10.5. The number of aliphatic hydroxyl groups excluding tert-OH is 1. The topological polar surface area (TPSA) is 58.6 Å². The Kier molecular flexibility index (Phi) is 3.94. The molecule has 1 rings (SSSR count). The van der Waals surface area contributed by atoms with E-state index in [1.165, 1.54) is 6.92 Å². The number of benzene rings is 1. The summed E-state index contributed by atoms with van der Waals surface area (Å²) in [6.07, 6.45) is 0. The minimum atomic E-state index is -0.128. The summed E-state index contributed by atoms with van der Waals surface area (Å²) in [6, 6.07) is 7.02. The molecule has 0 saturated heterocycles. The number of ether oxygens (including phenoxy) is 1. The molecule has 4 nitrogen and oxygen atoms in total. The summed E-state index contributed by atoms with van der Waals surface area (Å²) in [7, 11) is 0. The second-order valence-corrected chi connectivity index (χ2v) is 2.82. The van der Waals surface area contributed by atoms with Crippen molar-refractivity contribution in [3.63, 3.8) is 0 Å². The van der Waals surface area contributed by atoms with Gasteiger partial charge >= 0.3 is 0 Å². The van der Waals surface area contributed by atoms with E-state index in [-0.39, 0.29) is 19.2 Å². The fourth-order valence-corrected chi connectivity index (χ4v) is 0.912. The van der Waals surface area contributed by atoms with Gasteiger partial charge in [-0.25, -0.2) is 0 Å². The number of hydrogen-bond acceptors (Lipinski definition) is 3. The smallest absolute Gasteiger partial charge is 0.219 e. The van der Waals surface area contributed by atoms with Gasteiger partial charge in [0.15, 0.2) is 6.73 Å². The van der Waals surface area contributed by atoms with Crippen molar-refractivity contribution in [1.82, 2.24) is 5.32 Å². The third-order valence-corrected chi connectivity index (χ3v) is 1.67. The lowest BCUT2D eigenvalue weighted by molar-refractivity contribution is -0.119. The third kappa shape index (κ3) is 3.45. The van der Waals surface area contributed by atoms with Crippen molar-refractivity contribution in [2.24, 2.45) is 0 Å². The SMILES string of the molecule is CC(=O)NCOc1ccc(CO)cc1. The van der Waals surface area contributed by atoms with Gasteiger partial charge < -0.3 is 15.2 Å². The first-order chi connectivity index (χ1) is 6.72. The number of rotatable bonds is 4. The largest absolute Gasteiger partial charge is 0.473 e. The Balaban J connectivity index is 2.40. The molecule has 0 aliphatic rings. The van der Waals surface area contributed by atoms with Gasteiger partial charge in [0.2, 0.25) is 5.91 Å². The molecule has 2 N–H and O–H groups in total. The summed E-state index contributed by atoms with van der Waals surface area (Å²) >= 11 is 0. The van der Waals surface area contributed by atoms with Gasteiger partial charge in [-0.1, -0.05) is 12.1 Å². The summed E-state index contributed by atoms with van der Waals surface area (Å²) in [5.41, 5.74) is 0.830. The lowest BCUT2D eigenvalue weighted by atomic mass is 10.2. The van der Waals surface area contributed by atoms with Crippen LogP contribution >= 0.6 is 0 Å². The molecule has 0 spiro atoms. The van der Waals surface area contributed by atoms with Crippen LogP contribution in [0, 0.1) is 0 Å². The van der Waals surface area contributed by atoms with Gasteiger partial charge in [-0.15, -0.1) is 0 Å². The van der Waals surface area contributed by atoms with E-state index in [1.807, 2.05) is 0 Å². The van der Waals surface area contributed by atoms with Crippen molar-refractivity contribution >= 4 is 5.91 Å². The molecule has 14 heavy (non-hydrogen) atoms. The van der Waals surface area contributed by atoms with Crippen molar-refractivity contribution in [2.75, 3.05) is 6.73 Å². The van der Waals surface area contributed by atoms with Crippen LogP contribution < -0.4 is 10.1 Å². The van der Waals surface area contributed by atoms with Crippen LogP contribution in [0.25, 0.3) is 0 Å². The zero-order valence-corrected chi connectivity index (χ0v) is 7.99. The Hall–Kier alpha value is -1.55. The van der Waals surface area contributed by atoms with Crippen LogP contribution in [0.15, 0.2) is 24.3 Å². The highest BCUT2D eigenvalue weighted by Crippen LogP contribution is 2.11. The zero-order chi connectivity index (χ0) is 10.4. The van der Waals surface area contributed by atoms with Crippen molar-refractivity contribution in [1.29, 1.82) is 0 Å². The molecule has 0 unspecified atom stereocenters. The molecular weight excluding hydrogens is 182 g/mol. The van der Waals surface area contributed by atoms with Gasteiger partial charge in [0.05, 0.1) is 6.61 Å². The molecular formula is C10H13NO3. The van der Waals surface area contributed by atoms with E-state index in [9.17, 15) is 4.79 Å². The molecule has 0 fully saturated rings. The predicted molar refractivity (Wildman–Crippen MR) is 51.7 cm³/mol. The Morgan fingerprint density at radius 2 is 2.07 bits per heavy atom. The highest BCUT2D eigenvalue weighted by atomic mass is 16.5. The molecule has 0 aromatic heterocycles. The number of carbonyl (C=O) groups is 1. The predicted octanol–water partition coefficient (Wildman–Crippen LogP) is 0.651. The summed E-state index contributed by atoms with van der Waals surface area (Å²) in [5.74, 6) is 0.535. The lowest BCUT2D eigenvalue weighted by Gasteiger charge is -2.06. The van der Waals surface area contributed by atoms with Crippen molar-refractivity contribution in [2.45, 2.75) is 13.5 Å². The molecule has 0 bridgehead atoms. The number of hydrogen-bond donors (Lipinski definition) is 2. The molecule has 1 aromatic carbocycles. The van der Waals surface area contributed by atoms with Gasteiger partial charge in [-0.05, 0) is 17.7 Å². The fourth-order valence-electron chi connectivity index (χ4n) is 0.912. The van der Waals surface area contributed by atoms with E-state index in [1.54, 1.807) is 24.3 Å². The van der Waals surface area contributed by atoms with Crippen LogP contribution in [0.2, 0.25) is 0 Å². The Labute approximate surface area is 82.5 Å². The molecule has 1 aromatic rings. The quantitative estimate of drug-likeness (QED) is 0.693. The number of nitrogens with one attached hydrogen (secondary N) is 1. The van der Waals surface area contributed by atoms with Crippen molar-refractivity contribution < 1.29 is 14.6 Å². The van der Waals surface area contributed by atoms with Crippen LogP contribution in [0.4, 0.5) is 0 Å². The lowest BCUT2D eigenvalue weighted by Crippen LogP contribution is -2.24. The fraction of sp³-hybridized carbons (Fsp3) is 0.300. The monoisotopic (exact) mass is 195 g/mol. The Morgan fingerprint density at radius 1 is 1.43 bits per heavy atom.